The predicted octanol–water partition coefficient (Wildman–Crippen LogP) is 5.82. The van der Waals surface area contributed by atoms with Crippen LogP contribution in [0.2, 0.25) is 5.02 Å². The minimum atomic E-state index is 0.748. The molecule has 2 rings (SSSR count). The van der Waals surface area contributed by atoms with Crippen LogP contribution >= 0.6 is 11.6 Å². The topological polar surface area (TPSA) is 33.3 Å². The molecule has 0 saturated heterocycles. The van der Waals surface area contributed by atoms with Crippen LogP contribution in [0.1, 0.15) is 32.6 Å². The molecule has 130 valence electrons. The lowest BCUT2D eigenvalue weighted by Crippen LogP contribution is -2.13. The number of benzene rings is 2. The summed E-state index contributed by atoms with van der Waals surface area (Å²) in [6.45, 7) is 4.65. The maximum atomic E-state index is 6.11. The van der Waals surface area contributed by atoms with Crippen LogP contribution in [0.4, 0.5) is 11.4 Å². The largest absolute Gasteiger partial charge is 0.494 e. The van der Waals surface area contributed by atoms with Crippen molar-refractivity contribution in [1.29, 1.82) is 0 Å². The molecule has 0 bridgehead atoms. The Kier molecular flexibility index (Phi) is 8.33. The molecule has 0 aliphatic heterocycles. The zero-order chi connectivity index (χ0) is 17.0. The Morgan fingerprint density at radius 1 is 0.875 bits per heavy atom. The fourth-order valence-corrected chi connectivity index (χ4v) is 2.60. The number of hydrogen-bond acceptors (Lipinski definition) is 3. The summed E-state index contributed by atoms with van der Waals surface area (Å²) in [6, 6.07) is 15.9. The smallest absolute Gasteiger partial charge is 0.119 e. The van der Waals surface area contributed by atoms with E-state index in [1.54, 1.807) is 0 Å². The van der Waals surface area contributed by atoms with Gasteiger partial charge in [-0.3, -0.25) is 0 Å². The van der Waals surface area contributed by atoms with Crippen molar-refractivity contribution >= 4 is 23.0 Å². The molecule has 0 fully saturated rings. The Morgan fingerprint density at radius 3 is 2.38 bits per heavy atom. The van der Waals surface area contributed by atoms with Gasteiger partial charge in [0.1, 0.15) is 5.75 Å². The Balaban J connectivity index is 1.64. The van der Waals surface area contributed by atoms with Crippen molar-refractivity contribution in [2.75, 3.05) is 30.3 Å². The summed E-state index contributed by atoms with van der Waals surface area (Å²) < 4.78 is 5.75. The first-order valence-electron chi connectivity index (χ1n) is 8.74. The van der Waals surface area contributed by atoms with Crippen molar-refractivity contribution < 1.29 is 4.74 Å². The maximum absolute atomic E-state index is 6.11. The van der Waals surface area contributed by atoms with E-state index in [2.05, 4.69) is 29.7 Å². The second kappa shape index (κ2) is 10.8. The number of anilines is 2. The van der Waals surface area contributed by atoms with E-state index >= 15 is 0 Å². The summed E-state index contributed by atoms with van der Waals surface area (Å²) in [5.41, 5.74) is 2.06. The molecule has 0 aromatic heterocycles. The molecule has 0 spiro atoms. The molecule has 0 unspecified atom stereocenters. The van der Waals surface area contributed by atoms with Crippen molar-refractivity contribution in [3.05, 3.63) is 53.6 Å². The Bertz CT molecular complexity index is 586. The van der Waals surface area contributed by atoms with Gasteiger partial charge >= 0.3 is 0 Å². The number of rotatable bonds is 11. The van der Waals surface area contributed by atoms with Gasteiger partial charge in [0.2, 0.25) is 0 Å². The molecule has 0 amide bonds. The van der Waals surface area contributed by atoms with Crippen LogP contribution in [-0.2, 0) is 0 Å². The second-order valence-corrected chi connectivity index (χ2v) is 6.17. The van der Waals surface area contributed by atoms with Crippen molar-refractivity contribution in [2.24, 2.45) is 0 Å². The van der Waals surface area contributed by atoms with E-state index in [1.165, 1.54) is 19.3 Å². The van der Waals surface area contributed by atoms with Gasteiger partial charge in [0, 0.05) is 18.8 Å². The second-order valence-electron chi connectivity index (χ2n) is 5.77. The highest BCUT2D eigenvalue weighted by Crippen LogP contribution is 2.20. The van der Waals surface area contributed by atoms with Crippen LogP contribution in [0.5, 0.6) is 5.75 Å². The molecule has 0 aliphatic rings. The van der Waals surface area contributed by atoms with E-state index in [9.17, 15) is 0 Å². The third-order valence-corrected chi connectivity index (χ3v) is 4.09. The standard InChI is InChI=1S/C20H27ClN2O/c1-2-3-4-7-16-24-18-12-10-17(11-13-18)22-14-15-23-20-9-6-5-8-19(20)21/h5-6,8-13,22-23H,2-4,7,14-16H2,1H3. The lowest BCUT2D eigenvalue weighted by atomic mass is 10.2. The number of halogens is 1. The van der Waals surface area contributed by atoms with Crippen molar-refractivity contribution in [2.45, 2.75) is 32.6 Å². The molecule has 3 nitrogen and oxygen atoms in total. The van der Waals surface area contributed by atoms with Crippen LogP contribution < -0.4 is 15.4 Å². The number of hydrogen-bond donors (Lipinski definition) is 2. The van der Waals surface area contributed by atoms with Gasteiger partial charge < -0.3 is 15.4 Å². The summed E-state index contributed by atoms with van der Waals surface area (Å²) in [7, 11) is 0. The van der Waals surface area contributed by atoms with Gasteiger partial charge in [-0.25, -0.2) is 0 Å². The molecule has 0 aliphatic carbocycles. The number of para-hydroxylation sites is 1. The van der Waals surface area contributed by atoms with Gasteiger partial charge in [-0.1, -0.05) is 49.9 Å². The minimum absolute atomic E-state index is 0.748. The zero-order valence-corrected chi connectivity index (χ0v) is 15.1. The summed E-state index contributed by atoms with van der Waals surface area (Å²) in [5, 5.41) is 7.45. The average Bonchev–Trinajstić information content (AvgIpc) is 2.61. The normalized spacial score (nSPS) is 10.4. The number of ether oxygens (including phenoxy) is 1. The number of nitrogens with one attached hydrogen (secondary N) is 2. The Labute approximate surface area is 150 Å². The van der Waals surface area contributed by atoms with Crippen LogP contribution in [0, 0.1) is 0 Å². The fourth-order valence-electron chi connectivity index (χ4n) is 2.40. The molecule has 0 saturated carbocycles. The zero-order valence-electron chi connectivity index (χ0n) is 14.4. The van der Waals surface area contributed by atoms with Gasteiger partial charge in [0.25, 0.3) is 0 Å². The first kappa shape index (κ1) is 18.5. The molecular weight excluding hydrogens is 320 g/mol. The van der Waals surface area contributed by atoms with E-state index in [1.807, 2.05) is 36.4 Å². The van der Waals surface area contributed by atoms with Gasteiger partial charge in [-0.15, -0.1) is 0 Å². The first-order valence-corrected chi connectivity index (χ1v) is 9.12. The molecule has 2 aromatic carbocycles. The van der Waals surface area contributed by atoms with Crippen molar-refractivity contribution in [3.8, 4) is 5.75 Å². The van der Waals surface area contributed by atoms with Crippen molar-refractivity contribution in [3.63, 3.8) is 0 Å². The molecule has 2 aromatic rings. The van der Waals surface area contributed by atoms with E-state index in [4.69, 9.17) is 16.3 Å². The van der Waals surface area contributed by atoms with Crippen molar-refractivity contribution in [1.82, 2.24) is 0 Å². The van der Waals surface area contributed by atoms with E-state index in [0.29, 0.717) is 0 Å². The first-order chi connectivity index (χ1) is 11.8. The molecule has 2 N–H and O–H groups in total. The summed E-state index contributed by atoms with van der Waals surface area (Å²) in [6.07, 6.45) is 4.91. The average molecular weight is 347 g/mol. The molecule has 0 radical (unpaired) electrons. The molecule has 0 heterocycles. The van der Waals surface area contributed by atoms with E-state index < -0.39 is 0 Å². The molecule has 24 heavy (non-hydrogen) atoms. The predicted molar refractivity (Wildman–Crippen MR) is 105 cm³/mol. The van der Waals surface area contributed by atoms with Crippen LogP contribution in [0.15, 0.2) is 48.5 Å². The van der Waals surface area contributed by atoms with Crippen LogP contribution in [0.25, 0.3) is 0 Å². The molecule has 0 atom stereocenters. The molecular formula is C20H27ClN2O. The van der Waals surface area contributed by atoms with Gasteiger partial charge in [0.15, 0.2) is 0 Å². The minimum Gasteiger partial charge on any atom is -0.494 e. The SMILES string of the molecule is CCCCCCOc1ccc(NCCNc2ccccc2Cl)cc1. The monoisotopic (exact) mass is 346 g/mol. The highest BCUT2D eigenvalue weighted by Gasteiger charge is 1.98. The Hall–Kier alpha value is -1.87. The maximum Gasteiger partial charge on any atom is 0.119 e. The van der Waals surface area contributed by atoms with Gasteiger partial charge in [-0.2, -0.15) is 0 Å². The Morgan fingerprint density at radius 2 is 1.62 bits per heavy atom. The fraction of sp³-hybridized carbons (Fsp3) is 0.400. The molecule has 4 heteroatoms. The van der Waals surface area contributed by atoms with Gasteiger partial charge in [0.05, 0.1) is 17.3 Å². The lowest BCUT2D eigenvalue weighted by molar-refractivity contribution is 0.305. The highest BCUT2D eigenvalue weighted by atomic mass is 35.5. The quantitative estimate of drug-likeness (QED) is 0.503. The highest BCUT2D eigenvalue weighted by molar-refractivity contribution is 6.33. The summed E-state index contributed by atoms with van der Waals surface area (Å²) >= 11 is 6.11. The van der Waals surface area contributed by atoms with Gasteiger partial charge in [-0.05, 0) is 42.8 Å². The van der Waals surface area contributed by atoms with E-state index in [-0.39, 0.29) is 0 Å². The van der Waals surface area contributed by atoms with E-state index in [0.717, 1.165) is 48.3 Å². The number of unbranched alkanes of at least 4 members (excludes halogenated alkanes) is 3. The third-order valence-electron chi connectivity index (χ3n) is 3.76. The third kappa shape index (κ3) is 6.71. The lowest BCUT2D eigenvalue weighted by Gasteiger charge is -2.11. The summed E-state index contributed by atoms with van der Waals surface area (Å²) in [4.78, 5) is 0. The van der Waals surface area contributed by atoms with Crippen LogP contribution in [0.3, 0.4) is 0 Å². The van der Waals surface area contributed by atoms with Crippen LogP contribution in [-0.4, -0.2) is 19.7 Å². The summed E-state index contributed by atoms with van der Waals surface area (Å²) in [5.74, 6) is 0.936.